The molecule has 0 heterocycles. The minimum Gasteiger partial charge on any atom is -0.480 e. The van der Waals surface area contributed by atoms with Gasteiger partial charge in [0.15, 0.2) is 6.10 Å². The first kappa shape index (κ1) is 16.0. The summed E-state index contributed by atoms with van der Waals surface area (Å²) in [6, 6.07) is 6.46. The first-order chi connectivity index (χ1) is 9.32. The SMILES string of the molecule is Cc1ccccc1OC(C(=O)NC(C)C(=O)O)C(C)C. The maximum absolute atomic E-state index is 12.1. The fourth-order valence-electron chi connectivity index (χ4n) is 1.68. The van der Waals surface area contributed by atoms with Crippen molar-refractivity contribution < 1.29 is 19.4 Å². The molecule has 0 aliphatic rings. The van der Waals surface area contributed by atoms with E-state index in [1.807, 2.05) is 39.0 Å². The third-order valence-corrected chi connectivity index (χ3v) is 2.94. The summed E-state index contributed by atoms with van der Waals surface area (Å²) in [6.45, 7) is 7.03. The molecule has 0 aliphatic carbocycles. The van der Waals surface area contributed by atoms with Crippen LogP contribution in [0.15, 0.2) is 24.3 Å². The van der Waals surface area contributed by atoms with Crippen LogP contribution in [0.25, 0.3) is 0 Å². The van der Waals surface area contributed by atoms with Gasteiger partial charge in [-0.1, -0.05) is 32.0 Å². The van der Waals surface area contributed by atoms with Gasteiger partial charge in [-0.25, -0.2) is 0 Å². The van der Waals surface area contributed by atoms with E-state index >= 15 is 0 Å². The monoisotopic (exact) mass is 279 g/mol. The molecule has 0 spiro atoms. The highest BCUT2D eigenvalue weighted by Gasteiger charge is 2.27. The lowest BCUT2D eigenvalue weighted by Crippen LogP contribution is -2.47. The molecule has 0 saturated carbocycles. The number of hydrogen-bond donors (Lipinski definition) is 2. The molecule has 5 heteroatoms. The van der Waals surface area contributed by atoms with E-state index in [2.05, 4.69) is 5.32 Å². The maximum Gasteiger partial charge on any atom is 0.325 e. The molecule has 2 unspecified atom stereocenters. The maximum atomic E-state index is 12.1. The summed E-state index contributed by atoms with van der Waals surface area (Å²) in [6.07, 6.45) is -0.724. The summed E-state index contributed by atoms with van der Waals surface area (Å²) in [4.78, 5) is 22.9. The highest BCUT2D eigenvalue weighted by molar-refractivity contribution is 5.86. The van der Waals surface area contributed by atoms with Crippen LogP contribution in [-0.4, -0.2) is 29.1 Å². The number of aliphatic carboxylic acids is 1. The van der Waals surface area contributed by atoms with Gasteiger partial charge in [-0.15, -0.1) is 0 Å². The molecule has 0 saturated heterocycles. The molecule has 1 rings (SSSR count). The quantitative estimate of drug-likeness (QED) is 0.835. The van der Waals surface area contributed by atoms with Crippen LogP contribution < -0.4 is 10.1 Å². The third-order valence-electron chi connectivity index (χ3n) is 2.94. The highest BCUT2D eigenvalue weighted by atomic mass is 16.5. The molecule has 0 radical (unpaired) electrons. The van der Waals surface area contributed by atoms with Gasteiger partial charge in [-0.3, -0.25) is 9.59 Å². The van der Waals surface area contributed by atoms with Gasteiger partial charge < -0.3 is 15.2 Å². The molecule has 0 bridgehead atoms. The standard InChI is InChI=1S/C15H21NO4/c1-9(2)13(14(17)16-11(4)15(18)19)20-12-8-6-5-7-10(12)3/h5-9,11,13H,1-4H3,(H,16,17)(H,18,19). The zero-order valence-corrected chi connectivity index (χ0v) is 12.2. The predicted octanol–water partition coefficient (Wildman–Crippen LogP) is 1.99. The number of carboxylic acids is 1. The van der Waals surface area contributed by atoms with Crippen molar-refractivity contribution in [2.45, 2.75) is 39.8 Å². The van der Waals surface area contributed by atoms with Gasteiger partial charge in [0.25, 0.3) is 5.91 Å². The highest BCUT2D eigenvalue weighted by Crippen LogP contribution is 2.20. The second kappa shape index (κ2) is 6.93. The van der Waals surface area contributed by atoms with E-state index in [-0.39, 0.29) is 5.92 Å². The van der Waals surface area contributed by atoms with Gasteiger partial charge in [-0.2, -0.15) is 0 Å². The molecule has 5 nitrogen and oxygen atoms in total. The third kappa shape index (κ3) is 4.26. The average molecular weight is 279 g/mol. The van der Waals surface area contributed by atoms with Crippen LogP contribution >= 0.6 is 0 Å². The van der Waals surface area contributed by atoms with Gasteiger partial charge >= 0.3 is 5.97 Å². The molecule has 1 aromatic rings. The molecule has 2 atom stereocenters. The topological polar surface area (TPSA) is 75.6 Å². The lowest BCUT2D eigenvalue weighted by atomic mass is 10.1. The zero-order chi connectivity index (χ0) is 15.3. The molecule has 2 N–H and O–H groups in total. The summed E-state index contributed by atoms with van der Waals surface area (Å²) in [5.74, 6) is -0.935. The van der Waals surface area contributed by atoms with Crippen LogP contribution in [0, 0.1) is 12.8 Å². The van der Waals surface area contributed by atoms with Crippen molar-refractivity contribution in [1.82, 2.24) is 5.32 Å². The van der Waals surface area contributed by atoms with E-state index in [0.29, 0.717) is 5.75 Å². The summed E-state index contributed by atoms with van der Waals surface area (Å²) in [7, 11) is 0. The van der Waals surface area contributed by atoms with Gasteiger partial charge in [0.1, 0.15) is 11.8 Å². The fraction of sp³-hybridized carbons (Fsp3) is 0.467. The smallest absolute Gasteiger partial charge is 0.325 e. The largest absolute Gasteiger partial charge is 0.480 e. The number of nitrogens with one attached hydrogen (secondary N) is 1. The minimum absolute atomic E-state index is 0.0735. The first-order valence-corrected chi connectivity index (χ1v) is 6.58. The van der Waals surface area contributed by atoms with Crippen molar-refractivity contribution in [2.24, 2.45) is 5.92 Å². The van der Waals surface area contributed by atoms with Gasteiger partial charge in [-0.05, 0) is 31.4 Å². The number of carbonyl (C=O) groups is 2. The normalized spacial score (nSPS) is 13.7. The van der Waals surface area contributed by atoms with E-state index < -0.39 is 24.0 Å². The summed E-state index contributed by atoms with van der Waals surface area (Å²) >= 11 is 0. The Morgan fingerprint density at radius 2 is 1.80 bits per heavy atom. The van der Waals surface area contributed by atoms with Crippen molar-refractivity contribution in [3.05, 3.63) is 29.8 Å². The summed E-state index contributed by atoms with van der Waals surface area (Å²) in [5, 5.41) is 11.3. The Balaban J connectivity index is 2.82. The van der Waals surface area contributed by atoms with Crippen LogP contribution in [0.3, 0.4) is 0 Å². The van der Waals surface area contributed by atoms with Crippen molar-refractivity contribution in [1.29, 1.82) is 0 Å². The average Bonchev–Trinajstić information content (AvgIpc) is 2.36. The number of aryl methyl sites for hydroxylation is 1. The van der Waals surface area contributed by atoms with E-state index in [4.69, 9.17) is 9.84 Å². The molecule has 1 aromatic carbocycles. The van der Waals surface area contributed by atoms with Crippen molar-refractivity contribution in [3.63, 3.8) is 0 Å². The van der Waals surface area contributed by atoms with E-state index in [1.54, 1.807) is 6.07 Å². The molecule has 20 heavy (non-hydrogen) atoms. The Labute approximate surface area is 118 Å². The lowest BCUT2D eigenvalue weighted by Gasteiger charge is -2.23. The van der Waals surface area contributed by atoms with Crippen LogP contribution in [0.1, 0.15) is 26.3 Å². The minimum atomic E-state index is -1.07. The Hall–Kier alpha value is -2.04. The van der Waals surface area contributed by atoms with Crippen LogP contribution in [-0.2, 0) is 9.59 Å². The van der Waals surface area contributed by atoms with Crippen LogP contribution in [0.5, 0.6) is 5.75 Å². The second-order valence-electron chi connectivity index (χ2n) is 5.12. The number of carboxylic acid groups (broad SMARTS) is 1. The molecule has 0 fully saturated rings. The number of carbonyl (C=O) groups excluding carboxylic acids is 1. The summed E-state index contributed by atoms with van der Waals surface area (Å²) < 4.78 is 5.74. The molecule has 110 valence electrons. The van der Waals surface area contributed by atoms with Gasteiger partial charge in [0.05, 0.1) is 0 Å². The second-order valence-corrected chi connectivity index (χ2v) is 5.12. The number of hydrogen-bond acceptors (Lipinski definition) is 3. The Kier molecular flexibility index (Phi) is 5.55. The van der Waals surface area contributed by atoms with Crippen molar-refractivity contribution >= 4 is 11.9 Å². The van der Waals surface area contributed by atoms with Crippen molar-refractivity contribution in [3.8, 4) is 5.75 Å². The fourth-order valence-corrected chi connectivity index (χ4v) is 1.68. The number of amides is 1. The lowest BCUT2D eigenvalue weighted by molar-refractivity contribution is -0.143. The number of ether oxygens (including phenoxy) is 1. The van der Waals surface area contributed by atoms with Gasteiger partial charge in [0, 0.05) is 0 Å². The Bertz CT molecular complexity index is 485. The number of rotatable bonds is 6. The summed E-state index contributed by atoms with van der Waals surface area (Å²) in [5.41, 5.74) is 0.928. The number of benzene rings is 1. The predicted molar refractivity (Wildman–Crippen MR) is 75.7 cm³/mol. The molecule has 1 amide bonds. The van der Waals surface area contributed by atoms with Crippen LogP contribution in [0.2, 0.25) is 0 Å². The van der Waals surface area contributed by atoms with E-state index in [0.717, 1.165) is 5.56 Å². The first-order valence-electron chi connectivity index (χ1n) is 6.58. The van der Waals surface area contributed by atoms with Gasteiger partial charge in [0.2, 0.25) is 0 Å². The molecule has 0 aromatic heterocycles. The van der Waals surface area contributed by atoms with Crippen LogP contribution in [0.4, 0.5) is 0 Å². The molecular formula is C15H21NO4. The Morgan fingerprint density at radius 1 is 1.20 bits per heavy atom. The molecule has 0 aliphatic heterocycles. The molecular weight excluding hydrogens is 258 g/mol. The van der Waals surface area contributed by atoms with E-state index in [9.17, 15) is 9.59 Å². The van der Waals surface area contributed by atoms with Crippen molar-refractivity contribution in [2.75, 3.05) is 0 Å². The van der Waals surface area contributed by atoms with E-state index in [1.165, 1.54) is 6.92 Å². The zero-order valence-electron chi connectivity index (χ0n) is 12.2. The number of para-hydroxylation sites is 1. The Morgan fingerprint density at radius 3 is 2.30 bits per heavy atom.